The van der Waals surface area contributed by atoms with Crippen LogP contribution in [-0.4, -0.2) is 10.8 Å². The molecule has 13 heavy (non-hydrogen) atoms. The Kier molecular flexibility index (Phi) is 2.08. The summed E-state index contributed by atoms with van der Waals surface area (Å²) in [6.07, 6.45) is 3.53. The van der Waals surface area contributed by atoms with Gasteiger partial charge in [0.25, 0.3) is 0 Å². The highest BCUT2D eigenvalue weighted by molar-refractivity contribution is 5.84. The number of Topliss-reactive ketones (excluding diaryl/α,β-unsaturated/α-hetero) is 1. The van der Waals surface area contributed by atoms with Crippen LogP contribution in [0.1, 0.15) is 18.5 Å². The van der Waals surface area contributed by atoms with E-state index in [4.69, 9.17) is 0 Å². The molecule has 1 aliphatic rings. The molecular formula is C10H10FNO. The topological polar surface area (TPSA) is 30.0 Å². The first-order chi connectivity index (χ1) is 6.25. The fraction of sp³-hybridized carbons (Fsp3) is 0.400. The summed E-state index contributed by atoms with van der Waals surface area (Å²) >= 11 is 0. The van der Waals surface area contributed by atoms with Crippen molar-refractivity contribution in [1.29, 1.82) is 0 Å². The molecule has 0 radical (unpaired) electrons. The van der Waals surface area contributed by atoms with E-state index in [0.29, 0.717) is 12.1 Å². The average molecular weight is 179 g/mol. The van der Waals surface area contributed by atoms with Gasteiger partial charge in [-0.1, -0.05) is 0 Å². The van der Waals surface area contributed by atoms with Gasteiger partial charge in [0.2, 0.25) is 0 Å². The first kappa shape index (κ1) is 8.35. The van der Waals surface area contributed by atoms with Crippen LogP contribution in [0, 0.1) is 11.7 Å². The standard InChI is InChI=1S/C10H10FNO/c11-8-3-4-9(12-6-8)5-10(13)7-1-2-7/h3-4,6-7H,1-2,5H2. The number of ketones is 1. The van der Waals surface area contributed by atoms with Crippen LogP contribution in [0.3, 0.4) is 0 Å². The van der Waals surface area contributed by atoms with Crippen molar-refractivity contribution in [3.05, 3.63) is 29.8 Å². The molecule has 0 spiro atoms. The van der Waals surface area contributed by atoms with Gasteiger partial charge >= 0.3 is 0 Å². The third-order valence-electron chi connectivity index (χ3n) is 2.18. The summed E-state index contributed by atoms with van der Waals surface area (Å²) in [7, 11) is 0. The van der Waals surface area contributed by atoms with Gasteiger partial charge in [-0.3, -0.25) is 9.78 Å². The van der Waals surface area contributed by atoms with E-state index in [1.54, 1.807) is 6.07 Å². The molecule has 1 heterocycles. The summed E-state index contributed by atoms with van der Waals surface area (Å²) in [6, 6.07) is 2.90. The van der Waals surface area contributed by atoms with Gasteiger partial charge in [0, 0.05) is 18.0 Å². The van der Waals surface area contributed by atoms with E-state index in [1.165, 1.54) is 6.07 Å². The second-order valence-electron chi connectivity index (χ2n) is 3.39. The summed E-state index contributed by atoms with van der Waals surface area (Å²) in [6.45, 7) is 0. The zero-order valence-corrected chi connectivity index (χ0v) is 7.16. The van der Waals surface area contributed by atoms with Gasteiger partial charge in [0.15, 0.2) is 0 Å². The van der Waals surface area contributed by atoms with E-state index in [0.717, 1.165) is 19.0 Å². The number of halogens is 1. The van der Waals surface area contributed by atoms with Crippen LogP contribution in [0.2, 0.25) is 0 Å². The van der Waals surface area contributed by atoms with E-state index in [2.05, 4.69) is 4.98 Å². The van der Waals surface area contributed by atoms with Gasteiger partial charge in [0.05, 0.1) is 6.20 Å². The van der Waals surface area contributed by atoms with Crippen molar-refractivity contribution >= 4 is 5.78 Å². The van der Waals surface area contributed by atoms with Gasteiger partial charge in [-0.15, -0.1) is 0 Å². The number of carbonyl (C=O) groups excluding carboxylic acids is 1. The third-order valence-corrected chi connectivity index (χ3v) is 2.18. The monoisotopic (exact) mass is 179 g/mol. The van der Waals surface area contributed by atoms with Crippen molar-refractivity contribution in [1.82, 2.24) is 4.98 Å². The predicted octanol–water partition coefficient (Wildman–Crippen LogP) is 1.74. The molecule has 1 aromatic rings. The first-order valence-corrected chi connectivity index (χ1v) is 4.39. The smallest absolute Gasteiger partial charge is 0.141 e. The lowest BCUT2D eigenvalue weighted by atomic mass is 10.1. The predicted molar refractivity (Wildman–Crippen MR) is 45.6 cm³/mol. The summed E-state index contributed by atoms with van der Waals surface area (Å²) in [5, 5.41) is 0. The molecule has 0 aromatic carbocycles. The number of carbonyl (C=O) groups is 1. The van der Waals surface area contributed by atoms with Crippen LogP contribution in [0.25, 0.3) is 0 Å². The normalized spacial score (nSPS) is 15.8. The molecule has 2 rings (SSSR count). The molecule has 1 fully saturated rings. The van der Waals surface area contributed by atoms with Gasteiger partial charge < -0.3 is 0 Å². The van der Waals surface area contributed by atoms with Crippen molar-refractivity contribution < 1.29 is 9.18 Å². The van der Waals surface area contributed by atoms with Crippen LogP contribution in [-0.2, 0) is 11.2 Å². The molecule has 0 aliphatic heterocycles. The van der Waals surface area contributed by atoms with Crippen molar-refractivity contribution in [2.24, 2.45) is 5.92 Å². The number of hydrogen-bond acceptors (Lipinski definition) is 2. The Bertz CT molecular complexity index is 316. The molecule has 68 valence electrons. The van der Waals surface area contributed by atoms with Crippen molar-refractivity contribution in [2.75, 3.05) is 0 Å². The highest BCUT2D eigenvalue weighted by Gasteiger charge is 2.29. The molecular weight excluding hydrogens is 169 g/mol. The van der Waals surface area contributed by atoms with E-state index in [-0.39, 0.29) is 17.5 Å². The maximum atomic E-state index is 12.4. The fourth-order valence-corrected chi connectivity index (χ4v) is 1.24. The fourth-order valence-electron chi connectivity index (χ4n) is 1.24. The minimum atomic E-state index is -0.359. The molecule has 1 aliphatic carbocycles. The third kappa shape index (κ3) is 2.11. The Morgan fingerprint density at radius 1 is 1.54 bits per heavy atom. The molecule has 0 atom stereocenters. The number of rotatable bonds is 3. The van der Waals surface area contributed by atoms with Crippen LogP contribution in [0.5, 0.6) is 0 Å². The van der Waals surface area contributed by atoms with Crippen LogP contribution in [0.15, 0.2) is 18.3 Å². The number of nitrogens with zero attached hydrogens (tertiary/aromatic N) is 1. The van der Waals surface area contributed by atoms with Crippen LogP contribution in [0.4, 0.5) is 4.39 Å². The molecule has 3 heteroatoms. The largest absolute Gasteiger partial charge is 0.299 e. The summed E-state index contributed by atoms with van der Waals surface area (Å²) in [5.74, 6) is 0.133. The number of hydrogen-bond donors (Lipinski definition) is 0. The summed E-state index contributed by atoms with van der Waals surface area (Å²) < 4.78 is 12.4. The minimum Gasteiger partial charge on any atom is -0.299 e. The summed E-state index contributed by atoms with van der Waals surface area (Å²) in [5.41, 5.74) is 0.665. The lowest BCUT2D eigenvalue weighted by Crippen LogP contribution is -2.06. The second kappa shape index (κ2) is 3.24. The Labute approximate surface area is 75.8 Å². The average Bonchev–Trinajstić information content (AvgIpc) is 2.91. The second-order valence-corrected chi connectivity index (χ2v) is 3.39. The first-order valence-electron chi connectivity index (χ1n) is 4.39. The maximum absolute atomic E-state index is 12.4. The van der Waals surface area contributed by atoms with Crippen molar-refractivity contribution in [3.8, 4) is 0 Å². The highest BCUT2D eigenvalue weighted by Crippen LogP contribution is 2.30. The lowest BCUT2D eigenvalue weighted by molar-refractivity contribution is -0.119. The highest BCUT2D eigenvalue weighted by atomic mass is 19.1. The minimum absolute atomic E-state index is 0.235. The van der Waals surface area contributed by atoms with Crippen molar-refractivity contribution in [3.63, 3.8) is 0 Å². The van der Waals surface area contributed by atoms with E-state index < -0.39 is 0 Å². The Morgan fingerprint density at radius 3 is 2.85 bits per heavy atom. The summed E-state index contributed by atoms with van der Waals surface area (Å²) in [4.78, 5) is 15.2. The Hall–Kier alpha value is -1.25. The Balaban J connectivity index is 2.00. The van der Waals surface area contributed by atoms with Gasteiger partial charge in [0.1, 0.15) is 11.6 Å². The lowest BCUT2D eigenvalue weighted by Gasteiger charge is -1.97. The van der Waals surface area contributed by atoms with E-state index >= 15 is 0 Å². The molecule has 0 N–H and O–H groups in total. The van der Waals surface area contributed by atoms with Crippen LogP contribution < -0.4 is 0 Å². The van der Waals surface area contributed by atoms with Crippen molar-refractivity contribution in [2.45, 2.75) is 19.3 Å². The maximum Gasteiger partial charge on any atom is 0.141 e. The Morgan fingerprint density at radius 2 is 2.31 bits per heavy atom. The van der Waals surface area contributed by atoms with E-state index in [1.807, 2.05) is 0 Å². The van der Waals surface area contributed by atoms with E-state index in [9.17, 15) is 9.18 Å². The zero-order valence-electron chi connectivity index (χ0n) is 7.16. The molecule has 0 amide bonds. The quantitative estimate of drug-likeness (QED) is 0.707. The molecule has 2 nitrogen and oxygen atoms in total. The molecule has 1 saturated carbocycles. The SMILES string of the molecule is O=C(Cc1ccc(F)cn1)C1CC1. The van der Waals surface area contributed by atoms with Crippen LogP contribution >= 0.6 is 0 Å². The molecule has 0 bridgehead atoms. The molecule has 0 saturated heterocycles. The number of aromatic nitrogens is 1. The van der Waals surface area contributed by atoms with Gasteiger partial charge in [-0.2, -0.15) is 0 Å². The van der Waals surface area contributed by atoms with Gasteiger partial charge in [-0.25, -0.2) is 4.39 Å². The van der Waals surface area contributed by atoms with Gasteiger partial charge in [-0.05, 0) is 25.0 Å². The molecule has 1 aromatic heterocycles. The zero-order chi connectivity index (χ0) is 9.26. The molecule has 0 unspecified atom stereocenters. The number of pyridine rings is 1.